The number of fused-ring (bicyclic) bond motifs is 1. The summed E-state index contributed by atoms with van der Waals surface area (Å²) in [6.45, 7) is 5.46. The zero-order valence-electron chi connectivity index (χ0n) is 11.3. The molecule has 1 aromatic rings. The van der Waals surface area contributed by atoms with Crippen LogP contribution >= 0.6 is 0 Å². The van der Waals surface area contributed by atoms with Crippen molar-refractivity contribution in [2.45, 2.75) is 32.8 Å². The van der Waals surface area contributed by atoms with Gasteiger partial charge in [0, 0.05) is 19.0 Å². The van der Waals surface area contributed by atoms with E-state index in [0.29, 0.717) is 23.2 Å². The summed E-state index contributed by atoms with van der Waals surface area (Å²) in [5, 5.41) is 27.7. The van der Waals surface area contributed by atoms with Crippen molar-refractivity contribution in [1.29, 1.82) is 5.26 Å². The smallest absolute Gasteiger partial charge is 0.169 e. The average Bonchev–Trinajstić information content (AvgIpc) is 2.95. The van der Waals surface area contributed by atoms with Crippen LogP contribution in [0.2, 0.25) is 0 Å². The summed E-state index contributed by atoms with van der Waals surface area (Å²) in [4.78, 5) is 2.12. The number of rotatable bonds is 1. The topological polar surface area (TPSA) is 73.0 Å². The molecule has 3 atom stereocenters. The van der Waals surface area contributed by atoms with Gasteiger partial charge in [-0.2, -0.15) is 10.4 Å². The molecular formula is C14H18N4O. The number of aryl methyl sites for hydroxylation is 1. The molecule has 1 saturated carbocycles. The van der Waals surface area contributed by atoms with Crippen LogP contribution in [0, 0.1) is 37.0 Å². The van der Waals surface area contributed by atoms with Gasteiger partial charge in [-0.15, -0.1) is 5.10 Å². The molecule has 1 N–H and O–H groups in total. The molecule has 3 unspecified atom stereocenters. The molecule has 1 aliphatic carbocycles. The van der Waals surface area contributed by atoms with Gasteiger partial charge < -0.3 is 10.0 Å². The highest BCUT2D eigenvalue weighted by molar-refractivity contribution is 5.58. The highest BCUT2D eigenvalue weighted by Gasteiger charge is 2.42. The minimum absolute atomic E-state index is 0.194. The molecule has 2 heterocycles. The van der Waals surface area contributed by atoms with Crippen molar-refractivity contribution in [3.63, 3.8) is 0 Å². The fourth-order valence-corrected chi connectivity index (χ4v) is 3.36. The lowest BCUT2D eigenvalue weighted by Gasteiger charge is -2.20. The largest absolute Gasteiger partial charge is 0.393 e. The van der Waals surface area contributed by atoms with Crippen LogP contribution in [-0.2, 0) is 0 Å². The second kappa shape index (κ2) is 4.46. The van der Waals surface area contributed by atoms with E-state index in [4.69, 9.17) is 0 Å². The standard InChI is InChI=1S/C14H18N4O/c1-8-9(2)16-17-14(11(8)5-15)18-6-10-3-4-13(19)12(10)7-18/h10,12-13,19H,3-4,6-7H2,1-2H3. The minimum Gasteiger partial charge on any atom is -0.393 e. The van der Waals surface area contributed by atoms with E-state index < -0.39 is 0 Å². The second-order valence-electron chi connectivity index (χ2n) is 5.69. The van der Waals surface area contributed by atoms with Gasteiger partial charge in [-0.05, 0) is 38.2 Å². The molecule has 1 aliphatic heterocycles. The number of aromatic nitrogens is 2. The summed E-state index contributed by atoms with van der Waals surface area (Å²) >= 11 is 0. The Hall–Kier alpha value is -1.67. The van der Waals surface area contributed by atoms with Crippen LogP contribution in [0.25, 0.3) is 0 Å². The fraction of sp³-hybridized carbons (Fsp3) is 0.643. The van der Waals surface area contributed by atoms with Crippen molar-refractivity contribution in [3.8, 4) is 6.07 Å². The normalized spacial score (nSPS) is 29.4. The van der Waals surface area contributed by atoms with Crippen molar-refractivity contribution in [3.05, 3.63) is 16.8 Å². The van der Waals surface area contributed by atoms with E-state index in [0.717, 1.165) is 37.2 Å². The number of aliphatic hydroxyl groups excluding tert-OH is 1. The number of nitriles is 1. The van der Waals surface area contributed by atoms with E-state index in [1.54, 1.807) is 0 Å². The van der Waals surface area contributed by atoms with Crippen molar-refractivity contribution in [2.75, 3.05) is 18.0 Å². The summed E-state index contributed by atoms with van der Waals surface area (Å²) in [7, 11) is 0. The first-order valence-corrected chi connectivity index (χ1v) is 6.78. The second-order valence-corrected chi connectivity index (χ2v) is 5.69. The molecule has 0 aromatic carbocycles. The number of hydrogen-bond acceptors (Lipinski definition) is 5. The third kappa shape index (κ3) is 1.87. The SMILES string of the molecule is Cc1nnc(N2CC3CCC(O)C3C2)c(C#N)c1C. The highest BCUT2D eigenvalue weighted by atomic mass is 16.3. The lowest BCUT2D eigenvalue weighted by Crippen LogP contribution is -2.26. The van der Waals surface area contributed by atoms with Crippen LogP contribution in [-0.4, -0.2) is 34.5 Å². The van der Waals surface area contributed by atoms with Gasteiger partial charge in [0.05, 0.1) is 11.8 Å². The predicted octanol–water partition coefficient (Wildman–Crippen LogP) is 1.17. The maximum Gasteiger partial charge on any atom is 0.169 e. The molecule has 2 fully saturated rings. The molecule has 5 nitrogen and oxygen atoms in total. The summed E-state index contributed by atoms with van der Waals surface area (Å²) in [6.07, 6.45) is 1.79. The zero-order chi connectivity index (χ0) is 13.6. The van der Waals surface area contributed by atoms with Gasteiger partial charge in [0.15, 0.2) is 5.82 Å². The molecule has 0 bridgehead atoms. The summed E-state index contributed by atoms with van der Waals surface area (Å²) in [5.74, 6) is 1.55. The van der Waals surface area contributed by atoms with E-state index in [1.165, 1.54) is 0 Å². The Bertz CT molecular complexity index is 551. The zero-order valence-corrected chi connectivity index (χ0v) is 11.3. The van der Waals surface area contributed by atoms with Crippen LogP contribution in [0.15, 0.2) is 0 Å². The monoisotopic (exact) mass is 258 g/mol. The van der Waals surface area contributed by atoms with Crippen molar-refractivity contribution in [2.24, 2.45) is 11.8 Å². The molecule has 3 rings (SSSR count). The number of aliphatic hydroxyl groups is 1. The van der Waals surface area contributed by atoms with Crippen molar-refractivity contribution >= 4 is 5.82 Å². The molecule has 0 radical (unpaired) electrons. The third-order valence-electron chi connectivity index (χ3n) is 4.67. The Morgan fingerprint density at radius 3 is 2.74 bits per heavy atom. The van der Waals surface area contributed by atoms with E-state index in [1.807, 2.05) is 13.8 Å². The highest BCUT2D eigenvalue weighted by Crippen LogP contribution is 2.40. The van der Waals surface area contributed by atoms with Gasteiger partial charge >= 0.3 is 0 Å². The summed E-state index contributed by atoms with van der Waals surface area (Å²) < 4.78 is 0. The summed E-state index contributed by atoms with van der Waals surface area (Å²) in [6, 6.07) is 2.25. The van der Waals surface area contributed by atoms with Gasteiger partial charge in [0.1, 0.15) is 11.6 Å². The maximum absolute atomic E-state index is 9.96. The summed E-state index contributed by atoms with van der Waals surface area (Å²) in [5.41, 5.74) is 2.34. The van der Waals surface area contributed by atoms with Gasteiger partial charge in [-0.25, -0.2) is 0 Å². The van der Waals surface area contributed by atoms with Crippen LogP contribution < -0.4 is 4.90 Å². The Morgan fingerprint density at radius 1 is 1.26 bits per heavy atom. The van der Waals surface area contributed by atoms with Crippen LogP contribution in [0.5, 0.6) is 0 Å². The molecule has 100 valence electrons. The lowest BCUT2D eigenvalue weighted by molar-refractivity contribution is 0.133. The first-order chi connectivity index (χ1) is 9.11. The Kier molecular flexibility index (Phi) is 2.90. The molecule has 0 amide bonds. The minimum atomic E-state index is -0.194. The lowest BCUT2D eigenvalue weighted by atomic mass is 10.00. The van der Waals surface area contributed by atoms with E-state index in [2.05, 4.69) is 21.2 Å². The van der Waals surface area contributed by atoms with Crippen LogP contribution in [0.4, 0.5) is 5.82 Å². The van der Waals surface area contributed by atoms with E-state index in [-0.39, 0.29) is 6.10 Å². The van der Waals surface area contributed by atoms with E-state index in [9.17, 15) is 10.4 Å². The van der Waals surface area contributed by atoms with Crippen molar-refractivity contribution in [1.82, 2.24) is 10.2 Å². The average molecular weight is 258 g/mol. The predicted molar refractivity (Wildman–Crippen MR) is 70.7 cm³/mol. The molecule has 2 aliphatic rings. The molecule has 1 saturated heterocycles. The third-order valence-corrected chi connectivity index (χ3v) is 4.67. The van der Waals surface area contributed by atoms with Gasteiger partial charge in [0.25, 0.3) is 0 Å². The van der Waals surface area contributed by atoms with Gasteiger partial charge in [-0.1, -0.05) is 0 Å². The number of hydrogen-bond donors (Lipinski definition) is 1. The quantitative estimate of drug-likeness (QED) is 0.818. The first kappa shape index (κ1) is 12.4. The van der Waals surface area contributed by atoms with Gasteiger partial charge in [-0.3, -0.25) is 0 Å². The number of anilines is 1. The maximum atomic E-state index is 9.96. The first-order valence-electron chi connectivity index (χ1n) is 6.78. The Labute approximate surface area is 112 Å². The molecule has 5 heteroatoms. The molecule has 1 aromatic heterocycles. The van der Waals surface area contributed by atoms with Crippen LogP contribution in [0.1, 0.15) is 29.7 Å². The Balaban J connectivity index is 1.93. The van der Waals surface area contributed by atoms with E-state index >= 15 is 0 Å². The van der Waals surface area contributed by atoms with Crippen molar-refractivity contribution < 1.29 is 5.11 Å². The Morgan fingerprint density at radius 2 is 2.05 bits per heavy atom. The molecule has 0 spiro atoms. The van der Waals surface area contributed by atoms with Gasteiger partial charge in [0.2, 0.25) is 0 Å². The molecule has 19 heavy (non-hydrogen) atoms. The number of nitrogens with zero attached hydrogens (tertiary/aromatic N) is 4. The molecular weight excluding hydrogens is 240 g/mol. The fourth-order valence-electron chi connectivity index (χ4n) is 3.36. The van der Waals surface area contributed by atoms with Crippen LogP contribution in [0.3, 0.4) is 0 Å².